The minimum Gasteiger partial charge on any atom is -0.393 e. The number of anilines is 1. The van der Waals surface area contributed by atoms with E-state index in [9.17, 15) is 19.4 Å². The summed E-state index contributed by atoms with van der Waals surface area (Å²) in [6.07, 6.45) is 1.25. The number of halogens is 1. The van der Waals surface area contributed by atoms with Crippen LogP contribution in [0.5, 0.6) is 0 Å². The smallest absolute Gasteiger partial charge is 0.351 e. The molecule has 3 N–H and O–H groups in total. The first-order valence-corrected chi connectivity index (χ1v) is 8.99. The highest BCUT2D eigenvalue weighted by molar-refractivity contribution is 5.31. The normalized spacial score (nSPS) is 27.3. The van der Waals surface area contributed by atoms with Gasteiger partial charge < -0.3 is 20.3 Å². The Morgan fingerprint density at radius 3 is 2.85 bits per heavy atom. The molecule has 0 radical (unpaired) electrons. The number of nitrogens with zero attached hydrogens (tertiary/aromatic N) is 5. The summed E-state index contributed by atoms with van der Waals surface area (Å²) in [4.78, 5) is 18.5. The molecule has 4 atom stereocenters. The zero-order valence-electron chi connectivity index (χ0n) is 15.2. The van der Waals surface area contributed by atoms with Gasteiger partial charge in [-0.3, -0.25) is 4.57 Å². The van der Waals surface area contributed by atoms with Crippen molar-refractivity contribution >= 4 is 5.82 Å². The Balaban J connectivity index is 2.05. The van der Waals surface area contributed by atoms with Crippen LogP contribution in [0.3, 0.4) is 0 Å². The van der Waals surface area contributed by atoms with Crippen molar-refractivity contribution in [1.82, 2.24) is 9.55 Å². The maximum Gasteiger partial charge on any atom is 0.351 e. The Bertz CT molecular complexity index is 725. The van der Waals surface area contributed by atoms with Crippen LogP contribution in [0.4, 0.5) is 10.2 Å². The van der Waals surface area contributed by atoms with E-state index in [4.69, 9.17) is 10.3 Å². The van der Waals surface area contributed by atoms with E-state index >= 15 is 0 Å². The molecule has 1 saturated heterocycles. The SMILES string of the molecule is CCCCCCCNc1ccn([C@@H]2O[C@@](CO)(N=[N+]=[N-])[C@@H](O)[C@@H]2F)c(=O)n1. The summed E-state index contributed by atoms with van der Waals surface area (Å²) in [5.74, 6) is 0.351. The predicted molar refractivity (Wildman–Crippen MR) is 95.7 cm³/mol. The van der Waals surface area contributed by atoms with Gasteiger partial charge in [-0.25, -0.2) is 9.18 Å². The van der Waals surface area contributed by atoms with Gasteiger partial charge in [-0.2, -0.15) is 4.98 Å². The third kappa shape index (κ3) is 4.75. The molecule has 2 rings (SSSR count). The zero-order valence-corrected chi connectivity index (χ0v) is 15.2. The van der Waals surface area contributed by atoms with Crippen LogP contribution in [-0.2, 0) is 4.74 Å². The highest BCUT2D eigenvalue weighted by atomic mass is 19.1. The lowest BCUT2D eigenvalue weighted by atomic mass is 10.1. The van der Waals surface area contributed by atoms with Crippen molar-refractivity contribution in [2.45, 2.75) is 63.3 Å². The molecule has 10 nitrogen and oxygen atoms in total. The van der Waals surface area contributed by atoms with Crippen molar-refractivity contribution < 1.29 is 19.3 Å². The second-order valence-electron chi connectivity index (χ2n) is 6.43. The predicted octanol–water partition coefficient (Wildman–Crippen LogP) is 1.85. The fourth-order valence-corrected chi connectivity index (χ4v) is 2.93. The molecule has 27 heavy (non-hydrogen) atoms. The molecule has 1 aliphatic rings. The van der Waals surface area contributed by atoms with Gasteiger partial charge in [-0.1, -0.05) is 37.7 Å². The van der Waals surface area contributed by atoms with E-state index < -0.39 is 36.5 Å². The number of hydrogen-bond acceptors (Lipinski definition) is 7. The van der Waals surface area contributed by atoms with Crippen LogP contribution in [0.15, 0.2) is 22.2 Å². The standard InChI is InChI=1S/C16H25FN6O4/c1-2-3-4-5-6-8-19-11-7-9-23(15(26)20-11)14-12(17)13(25)16(10-24,27-14)21-22-18/h7,9,12-14,24-25H,2-6,8,10H2,1H3,(H,19,20,26)/t12-,13-,14+,16+/m0/s1. The van der Waals surface area contributed by atoms with E-state index in [1.807, 2.05) is 0 Å². The molecule has 11 heteroatoms. The Morgan fingerprint density at radius 1 is 1.48 bits per heavy atom. The lowest BCUT2D eigenvalue weighted by Gasteiger charge is -2.23. The van der Waals surface area contributed by atoms with Gasteiger partial charge in [0.1, 0.15) is 11.9 Å². The van der Waals surface area contributed by atoms with Crippen molar-refractivity contribution in [1.29, 1.82) is 0 Å². The van der Waals surface area contributed by atoms with Crippen LogP contribution < -0.4 is 11.0 Å². The highest BCUT2D eigenvalue weighted by Gasteiger charge is 2.56. The van der Waals surface area contributed by atoms with E-state index in [0.29, 0.717) is 12.4 Å². The Morgan fingerprint density at radius 2 is 2.22 bits per heavy atom. The number of rotatable bonds is 10. The summed E-state index contributed by atoms with van der Waals surface area (Å²) in [5, 5.41) is 25.5. The maximum atomic E-state index is 14.4. The second kappa shape index (κ2) is 9.65. The van der Waals surface area contributed by atoms with Crippen molar-refractivity contribution in [3.05, 3.63) is 33.2 Å². The first-order chi connectivity index (χ1) is 13.0. The molecule has 2 heterocycles. The molecular formula is C16H25FN6O4. The summed E-state index contributed by atoms with van der Waals surface area (Å²) in [5.41, 5.74) is 5.59. The van der Waals surface area contributed by atoms with Crippen LogP contribution >= 0.6 is 0 Å². The van der Waals surface area contributed by atoms with E-state index in [1.54, 1.807) is 0 Å². The monoisotopic (exact) mass is 384 g/mol. The number of nitrogens with one attached hydrogen (secondary N) is 1. The van der Waals surface area contributed by atoms with Crippen LogP contribution in [0, 0.1) is 0 Å². The molecule has 0 aromatic carbocycles. The van der Waals surface area contributed by atoms with Crippen LogP contribution in [-0.4, -0.2) is 50.9 Å². The molecule has 1 aromatic rings. The summed E-state index contributed by atoms with van der Waals surface area (Å²) in [7, 11) is 0. The minimum absolute atomic E-state index is 0.351. The molecule has 0 aliphatic carbocycles. The molecular weight excluding hydrogens is 359 g/mol. The third-order valence-electron chi connectivity index (χ3n) is 4.49. The van der Waals surface area contributed by atoms with Gasteiger partial charge in [-0.15, -0.1) is 0 Å². The molecule has 150 valence electrons. The first-order valence-electron chi connectivity index (χ1n) is 8.99. The van der Waals surface area contributed by atoms with Crippen molar-refractivity contribution in [2.24, 2.45) is 5.11 Å². The Kier molecular flexibility index (Phi) is 7.55. The van der Waals surface area contributed by atoms with Gasteiger partial charge in [0.25, 0.3) is 0 Å². The number of unbranched alkanes of at least 4 members (excludes halogenated alkanes) is 4. The van der Waals surface area contributed by atoms with Crippen LogP contribution in [0.25, 0.3) is 10.4 Å². The Hall–Kier alpha value is -2.20. The molecule has 0 spiro atoms. The van der Waals surface area contributed by atoms with Gasteiger partial charge in [0, 0.05) is 17.7 Å². The largest absolute Gasteiger partial charge is 0.393 e. The summed E-state index contributed by atoms with van der Waals surface area (Å²) >= 11 is 0. The fourth-order valence-electron chi connectivity index (χ4n) is 2.93. The molecule has 0 bridgehead atoms. The molecule has 1 aromatic heterocycles. The van der Waals surface area contributed by atoms with Crippen LogP contribution in [0.1, 0.15) is 45.3 Å². The minimum atomic E-state index is -2.19. The summed E-state index contributed by atoms with van der Waals surface area (Å²) in [6.45, 7) is 1.87. The number of alkyl halides is 1. The summed E-state index contributed by atoms with van der Waals surface area (Å²) in [6, 6.07) is 1.49. The fraction of sp³-hybridized carbons (Fsp3) is 0.750. The summed E-state index contributed by atoms with van der Waals surface area (Å²) < 4.78 is 20.5. The van der Waals surface area contributed by atoms with E-state index in [-0.39, 0.29) is 0 Å². The van der Waals surface area contributed by atoms with Crippen LogP contribution in [0.2, 0.25) is 0 Å². The number of azide groups is 1. The number of aliphatic hydroxyl groups is 2. The van der Waals surface area contributed by atoms with E-state index in [0.717, 1.165) is 30.3 Å². The number of hydrogen-bond donors (Lipinski definition) is 3. The molecule has 1 aliphatic heterocycles. The highest BCUT2D eigenvalue weighted by Crippen LogP contribution is 2.39. The zero-order chi connectivity index (χ0) is 19.9. The molecule has 0 unspecified atom stereocenters. The van der Waals surface area contributed by atoms with Crippen molar-refractivity contribution in [3.63, 3.8) is 0 Å². The van der Waals surface area contributed by atoms with Crippen molar-refractivity contribution in [2.75, 3.05) is 18.5 Å². The Labute approximate surface area is 155 Å². The topological polar surface area (TPSA) is 145 Å². The van der Waals surface area contributed by atoms with Gasteiger partial charge in [0.2, 0.25) is 5.72 Å². The maximum absolute atomic E-state index is 14.4. The number of aromatic nitrogens is 2. The van der Waals surface area contributed by atoms with Gasteiger partial charge in [0.15, 0.2) is 12.4 Å². The molecule has 1 fully saturated rings. The average molecular weight is 384 g/mol. The van der Waals surface area contributed by atoms with Crippen molar-refractivity contribution in [3.8, 4) is 0 Å². The number of ether oxygens (including phenoxy) is 1. The molecule has 0 saturated carbocycles. The molecule has 0 amide bonds. The average Bonchev–Trinajstić information content (AvgIpc) is 2.90. The quantitative estimate of drug-likeness (QED) is 0.243. The lowest BCUT2D eigenvalue weighted by molar-refractivity contribution is -0.124. The van der Waals surface area contributed by atoms with Gasteiger partial charge in [-0.05, 0) is 18.0 Å². The van der Waals surface area contributed by atoms with E-state index in [2.05, 4.69) is 27.3 Å². The van der Waals surface area contributed by atoms with Gasteiger partial charge in [0.05, 0.1) is 6.61 Å². The van der Waals surface area contributed by atoms with Gasteiger partial charge >= 0.3 is 5.69 Å². The third-order valence-corrected chi connectivity index (χ3v) is 4.49. The number of aliphatic hydroxyl groups excluding tert-OH is 2. The second-order valence-corrected chi connectivity index (χ2v) is 6.43. The van der Waals surface area contributed by atoms with E-state index in [1.165, 1.54) is 18.7 Å². The first kappa shape index (κ1) is 21.1. The lowest BCUT2D eigenvalue weighted by Crippen LogP contribution is -2.43.